The topological polar surface area (TPSA) is 32.5 Å². The molecule has 1 fully saturated rings. The van der Waals surface area contributed by atoms with Gasteiger partial charge in [0, 0.05) is 25.7 Å². The third-order valence-electron chi connectivity index (χ3n) is 3.93. The van der Waals surface area contributed by atoms with Crippen molar-refractivity contribution in [3.05, 3.63) is 35.9 Å². The van der Waals surface area contributed by atoms with Crippen LogP contribution in [0.25, 0.3) is 0 Å². The molecule has 1 heterocycles. The van der Waals surface area contributed by atoms with Crippen molar-refractivity contribution in [3.63, 3.8) is 0 Å². The third-order valence-corrected chi connectivity index (χ3v) is 3.93. The summed E-state index contributed by atoms with van der Waals surface area (Å²) in [6.07, 6.45) is -2.13. The molecule has 0 saturated carbocycles. The minimum absolute atomic E-state index is 0.0323. The smallest absolute Gasteiger partial charge is 0.292 e. The highest BCUT2D eigenvalue weighted by atomic mass is 19.4. The van der Waals surface area contributed by atoms with Crippen molar-refractivity contribution in [1.82, 2.24) is 9.91 Å². The van der Waals surface area contributed by atoms with Gasteiger partial charge in [-0.05, 0) is 24.8 Å². The lowest BCUT2D eigenvalue weighted by molar-refractivity contribution is -0.152. The second-order valence-electron chi connectivity index (χ2n) is 5.59. The molecule has 0 aromatic heterocycles. The molecule has 0 unspecified atom stereocenters. The van der Waals surface area contributed by atoms with E-state index in [4.69, 9.17) is 5.84 Å². The summed E-state index contributed by atoms with van der Waals surface area (Å²) in [7, 11) is 0. The predicted molar refractivity (Wildman–Crippen MR) is 76.6 cm³/mol. The largest absolute Gasteiger partial charge is 0.401 e. The standard InChI is InChI=1S/C15H22F3N3/c16-15(17,18)12-20(14-7-10-21(19)11-8-14)9-6-13-4-2-1-3-5-13/h1-5,14H,6-12,19H2. The summed E-state index contributed by atoms with van der Waals surface area (Å²) in [5.41, 5.74) is 1.07. The van der Waals surface area contributed by atoms with Crippen LogP contribution in [0.3, 0.4) is 0 Å². The van der Waals surface area contributed by atoms with Gasteiger partial charge in [-0.25, -0.2) is 5.01 Å². The lowest BCUT2D eigenvalue weighted by atomic mass is 10.0. The van der Waals surface area contributed by atoms with Crippen LogP contribution in [0.1, 0.15) is 18.4 Å². The minimum Gasteiger partial charge on any atom is -0.292 e. The van der Waals surface area contributed by atoms with E-state index in [1.54, 1.807) is 9.91 Å². The summed E-state index contributed by atoms with van der Waals surface area (Å²) >= 11 is 0. The first kappa shape index (κ1) is 16.3. The molecule has 6 heteroatoms. The number of piperidine rings is 1. The Balaban J connectivity index is 1.95. The lowest BCUT2D eigenvalue weighted by Gasteiger charge is -2.37. The average molecular weight is 301 g/mol. The number of rotatable bonds is 5. The zero-order valence-corrected chi connectivity index (χ0v) is 12.0. The molecular weight excluding hydrogens is 279 g/mol. The van der Waals surface area contributed by atoms with E-state index in [-0.39, 0.29) is 6.04 Å². The Morgan fingerprint density at radius 3 is 2.33 bits per heavy atom. The Kier molecular flexibility index (Phi) is 5.61. The van der Waals surface area contributed by atoms with E-state index in [2.05, 4.69) is 0 Å². The van der Waals surface area contributed by atoms with Crippen molar-refractivity contribution in [2.24, 2.45) is 5.84 Å². The first-order valence-electron chi connectivity index (χ1n) is 7.28. The van der Waals surface area contributed by atoms with Gasteiger partial charge in [0.05, 0.1) is 6.54 Å². The lowest BCUT2D eigenvalue weighted by Crippen LogP contribution is -2.50. The second-order valence-corrected chi connectivity index (χ2v) is 5.59. The quantitative estimate of drug-likeness (QED) is 0.848. The molecular formula is C15H22F3N3. The highest BCUT2D eigenvalue weighted by Gasteiger charge is 2.34. The molecule has 2 N–H and O–H groups in total. The van der Waals surface area contributed by atoms with Gasteiger partial charge in [-0.1, -0.05) is 30.3 Å². The number of benzene rings is 1. The van der Waals surface area contributed by atoms with Crippen LogP contribution in [0.4, 0.5) is 13.2 Å². The molecule has 21 heavy (non-hydrogen) atoms. The highest BCUT2D eigenvalue weighted by Crippen LogP contribution is 2.22. The number of hydrogen-bond acceptors (Lipinski definition) is 3. The van der Waals surface area contributed by atoms with Crippen molar-refractivity contribution >= 4 is 0 Å². The van der Waals surface area contributed by atoms with Crippen LogP contribution in [0.5, 0.6) is 0 Å². The fraction of sp³-hybridized carbons (Fsp3) is 0.600. The van der Waals surface area contributed by atoms with Crippen LogP contribution in [-0.4, -0.2) is 48.3 Å². The number of nitrogens with two attached hydrogens (primary N) is 1. The minimum atomic E-state index is -4.16. The van der Waals surface area contributed by atoms with Crippen LogP contribution >= 0.6 is 0 Å². The first-order chi connectivity index (χ1) is 9.94. The van der Waals surface area contributed by atoms with Gasteiger partial charge in [0.15, 0.2) is 0 Å². The zero-order valence-electron chi connectivity index (χ0n) is 12.0. The van der Waals surface area contributed by atoms with Crippen LogP contribution in [0.15, 0.2) is 30.3 Å². The molecule has 0 atom stereocenters. The molecule has 1 saturated heterocycles. The molecule has 1 aromatic rings. The van der Waals surface area contributed by atoms with E-state index in [0.29, 0.717) is 38.9 Å². The second kappa shape index (κ2) is 7.24. The van der Waals surface area contributed by atoms with E-state index in [1.807, 2.05) is 30.3 Å². The first-order valence-corrected chi connectivity index (χ1v) is 7.28. The maximum Gasteiger partial charge on any atom is 0.401 e. The van der Waals surface area contributed by atoms with Crippen molar-refractivity contribution in [1.29, 1.82) is 0 Å². The van der Waals surface area contributed by atoms with Gasteiger partial charge in [0.2, 0.25) is 0 Å². The molecule has 118 valence electrons. The molecule has 0 spiro atoms. The van der Waals surface area contributed by atoms with E-state index >= 15 is 0 Å². The SMILES string of the molecule is NN1CCC(N(CCc2ccccc2)CC(F)(F)F)CC1. The van der Waals surface area contributed by atoms with E-state index in [0.717, 1.165) is 5.56 Å². The molecule has 1 aromatic carbocycles. The highest BCUT2D eigenvalue weighted by molar-refractivity contribution is 5.14. The van der Waals surface area contributed by atoms with Crippen molar-refractivity contribution < 1.29 is 13.2 Å². The molecule has 2 rings (SSSR count). The normalized spacial score (nSPS) is 18.3. The van der Waals surface area contributed by atoms with Crippen LogP contribution < -0.4 is 5.84 Å². The number of alkyl halides is 3. The van der Waals surface area contributed by atoms with Gasteiger partial charge in [-0.15, -0.1) is 0 Å². The molecule has 1 aliphatic rings. The van der Waals surface area contributed by atoms with E-state index in [1.165, 1.54) is 0 Å². The molecule has 0 bridgehead atoms. The average Bonchev–Trinajstić information content (AvgIpc) is 2.44. The van der Waals surface area contributed by atoms with Crippen LogP contribution in [0.2, 0.25) is 0 Å². The molecule has 1 aliphatic heterocycles. The summed E-state index contributed by atoms with van der Waals surface area (Å²) in [6.45, 7) is 0.905. The van der Waals surface area contributed by atoms with Crippen LogP contribution in [-0.2, 0) is 6.42 Å². The Bertz CT molecular complexity index is 414. The van der Waals surface area contributed by atoms with Gasteiger partial charge in [-0.3, -0.25) is 10.7 Å². The maximum atomic E-state index is 12.8. The van der Waals surface area contributed by atoms with Crippen molar-refractivity contribution in [3.8, 4) is 0 Å². The Labute approximate surface area is 123 Å². The Morgan fingerprint density at radius 2 is 1.76 bits per heavy atom. The molecule has 0 amide bonds. The number of nitrogens with zero attached hydrogens (tertiary/aromatic N) is 2. The number of hydrazine groups is 1. The Morgan fingerprint density at radius 1 is 1.14 bits per heavy atom. The Hall–Kier alpha value is -1.11. The van der Waals surface area contributed by atoms with E-state index < -0.39 is 12.7 Å². The number of hydrogen-bond donors (Lipinski definition) is 1. The van der Waals surface area contributed by atoms with Gasteiger partial charge >= 0.3 is 6.18 Å². The van der Waals surface area contributed by atoms with E-state index in [9.17, 15) is 13.2 Å². The fourth-order valence-corrected chi connectivity index (χ4v) is 2.79. The zero-order chi connectivity index (χ0) is 15.3. The van der Waals surface area contributed by atoms with Gasteiger partial charge in [-0.2, -0.15) is 13.2 Å². The van der Waals surface area contributed by atoms with Gasteiger partial charge in [0.25, 0.3) is 0 Å². The fourth-order valence-electron chi connectivity index (χ4n) is 2.79. The summed E-state index contributed by atoms with van der Waals surface area (Å²) in [5, 5.41) is 1.68. The van der Waals surface area contributed by atoms with Crippen LogP contribution in [0, 0.1) is 0 Å². The molecule has 0 aliphatic carbocycles. The van der Waals surface area contributed by atoms with Crippen molar-refractivity contribution in [2.45, 2.75) is 31.5 Å². The predicted octanol–water partition coefficient (Wildman–Crippen LogP) is 2.43. The summed E-state index contributed by atoms with van der Waals surface area (Å²) in [6, 6.07) is 9.61. The van der Waals surface area contributed by atoms with Crippen molar-refractivity contribution in [2.75, 3.05) is 26.2 Å². The monoisotopic (exact) mass is 301 g/mol. The summed E-state index contributed by atoms with van der Waals surface area (Å²) in [4.78, 5) is 1.57. The van der Waals surface area contributed by atoms with Gasteiger partial charge in [0.1, 0.15) is 0 Å². The molecule has 0 radical (unpaired) electrons. The summed E-state index contributed by atoms with van der Waals surface area (Å²) in [5.74, 6) is 5.68. The summed E-state index contributed by atoms with van der Waals surface area (Å²) < 4.78 is 38.4. The maximum absolute atomic E-state index is 12.8. The third kappa shape index (κ3) is 5.65. The van der Waals surface area contributed by atoms with Gasteiger partial charge < -0.3 is 0 Å². The number of halogens is 3. The molecule has 3 nitrogen and oxygen atoms in total.